The number of benzene rings is 1. The summed E-state index contributed by atoms with van der Waals surface area (Å²) in [6, 6.07) is 6.95. The minimum Gasteiger partial charge on any atom is -0.502 e. The maximum absolute atomic E-state index is 12.7. The highest BCUT2D eigenvalue weighted by atomic mass is 16.5. The molecule has 5 nitrogen and oxygen atoms in total. The van der Waals surface area contributed by atoms with Gasteiger partial charge in [0.05, 0.1) is 12.2 Å². The van der Waals surface area contributed by atoms with Crippen molar-refractivity contribution in [2.24, 2.45) is 5.92 Å². The molecule has 0 atom stereocenters. The number of ether oxygens (including phenoxy) is 1. The first-order valence-electron chi connectivity index (χ1n) is 11.0. The van der Waals surface area contributed by atoms with Crippen molar-refractivity contribution in [2.75, 3.05) is 13.2 Å². The molecule has 29 heavy (non-hydrogen) atoms. The van der Waals surface area contributed by atoms with Gasteiger partial charge in [0.25, 0.3) is 11.8 Å². The van der Waals surface area contributed by atoms with Crippen molar-refractivity contribution in [3.8, 4) is 5.75 Å². The van der Waals surface area contributed by atoms with Crippen molar-refractivity contribution in [3.05, 3.63) is 35.6 Å². The normalized spacial score (nSPS) is 14.4. The fourth-order valence-corrected chi connectivity index (χ4v) is 3.41. The van der Waals surface area contributed by atoms with E-state index in [1.165, 1.54) is 37.0 Å². The van der Waals surface area contributed by atoms with Gasteiger partial charge in [-0.25, -0.2) is 0 Å². The SMILES string of the molecule is CCCCCCCCCCN1C(=O)C(O)=C(c2ccc(OCC(C)C)cc2)C1=O. The van der Waals surface area contributed by atoms with E-state index in [1.54, 1.807) is 24.3 Å². The fraction of sp³-hybridized carbons (Fsp3) is 0.583. The van der Waals surface area contributed by atoms with Gasteiger partial charge in [-0.2, -0.15) is 0 Å². The van der Waals surface area contributed by atoms with Crippen LogP contribution in [0.1, 0.15) is 77.7 Å². The number of carbonyl (C=O) groups is 2. The molecule has 0 saturated heterocycles. The zero-order valence-corrected chi connectivity index (χ0v) is 18.1. The minimum absolute atomic E-state index is 0.0879. The maximum atomic E-state index is 12.7. The predicted molar refractivity (Wildman–Crippen MR) is 116 cm³/mol. The van der Waals surface area contributed by atoms with Gasteiger partial charge in [0.15, 0.2) is 5.76 Å². The van der Waals surface area contributed by atoms with Crippen LogP contribution < -0.4 is 4.74 Å². The Balaban J connectivity index is 1.86. The Labute approximate surface area is 174 Å². The smallest absolute Gasteiger partial charge is 0.296 e. The van der Waals surface area contributed by atoms with Crippen LogP contribution in [0.15, 0.2) is 30.0 Å². The summed E-state index contributed by atoms with van der Waals surface area (Å²) >= 11 is 0. The Hall–Kier alpha value is -2.30. The molecule has 0 aromatic heterocycles. The predicted octanol–water partition coefficient (Wildman–Crippen LogP) is 5.50. The van der Waals surface area contributed by atoms with Crippen LogP contribution in [0.3, 0.4) is 0 Å². The Morgan fingerprint density at radius 2 is 1.48 bits per heavy atom. The Bertz CT molecular complexity index is 706. The number of amides is 2. The number of aliphatic hydroxyl groups is 1. The number of hydrogen-bond acceptors (Lipinski definition) is 4. The zero-order chi connectivity index (χ0) is 21.2. The Morgan fingerprint density at radius 3 is 2.07 bits per heavy atom. The molecule has 5 heteroatoms. The van der Waals surface area contributed by atoms with E-state index in [2.05, 4.69) is 20.8 Å². The van der Waals surface area contributed by atoms with E-state index in [9.17, 15) is 14.7 Å². The number of rotatable bonds is 13. The third kappa shape index (κ3) is 6.62. The van der Waals surface area contributed by atoms with Crippen molar-refractivity contribution >= 4 is 17.4 Å². The van der Waals surface area contributed by atoms with Gasteiger partial charge in [-0.1, -0.05) is 77.8 Å². The quantitative estimate of drug-likeness (QED) is 0.350. The number of hydrogen-bond donors (Lipinski definition) is 1. The van der Waals surface area contributed by atoms with Crippen LogP contribution in [0.2, 0.25) is 0 Å². The van der Waals surface area contributed by atoms with E-state index in [-0.39, 0.29) is 5.57 Å². The number of unbranched alkanes of at least 4 members (excludes halogenated alkanes) is 7. The highest BCUT2D eigenvalue weighted by molar-refractivity contribution is 6.34. The molecule has 0 aliphatic carbocycles. The number of imide groups is 1. The molecule has 2 rings (SSSR count). The van der Waals surface area contributed by atoms with Gasteiger partial charge in [0, 0.05) is 6.54 Å². The van der Waals surface area contributed by atoms with Crippen molar-refractivity contribution in [1.29, 1.82) is 0 Å². The molecule has 0 fully saturated rings. The van der Waals surface area contributed by atoms with Gasteiger partial charge in [-0.3, -0.25) is 14.5 Å². The summed E-state index contributed by atoms with van der Waals surface area (Å²) in [6.07, 6.45) is 9.13. The van der Waals surface area contributed by atoms with Gasteiger partial charge in [0.2, 0.25) is 0 Å². The molecular formula is C24H35NO4. The van der Waals surface area contributed by atoms with Crippen LogP contribution in [0.5, 0.6) is 5.75 Å². The lowest BCUT2D eigenvalue weighted by atomic mass is 10.1. The summed E-state index contributed by atoms with van der Waals surface area (Å²) in [4.78, 5) is 26.2. The van der Waals surface area contributed by atoms with E-state index in [0.29, 0.717) is 30.4 Å². The van der Waals surface area contributed by atoms with Crippen molar-refractivity contribution < 1.29 is 19.4 Å². The third-order valence-electron chi connectivity index (χ3n) is 5.11. The second-order valence-electron chi connectivity index (χ2n) is 8.19. The molecule has 0 saturated carbocycles. The van der Waals surface area contributed by atoms with Crippen LogP contribution >= 0.6 is 0 Å². The monoisotopic (exact) mass is 401 g/mol. The van der Waals surface area contributed by atoms with Gasteiger partial charge in [-0.05, 0) is 30.0 Å². The molecule has 1 aliphatic rings. The second-order valence-corrected chi connectivity index (χ2v) is 8.19. The molecule has 1 aromatic rings. The number of nitrogens with zero attached hydrogens (tertiary/aromatic N) is 1. The van der Waals surface area contributed by atoms with Crippen LogP contribution in [0.25, 0.3) is 5.57 Å². The van der Waals surface area contributed by atoms with Crippen LogP contribution in [0.4, 0.5) is 0 Å². The largest absolute Gasteiger partial charge is 0.502 e. The van der Waals surface area contributed by atoms with E-state index < -0.39 is 17.6 Å². The summed E-state index contributed by atoms with van der Waals surface area (Å²) in [5, 5.41) is 10.3. The molecule has 0 unspecified atom stereocenters. The van der Waals surface area contributed by atoms with Gasteiger partial charge < -0.3 is 9.84 Å². The Morgan fingerprint density at radius 1 is 0.897 bits per heavy atom. The van der Waals surface area contributed by atoms with Gasteiger partial charge >= 0.3 is 0 Å². The summed E-state index contributed by atoms with van der Waals surface area (Å²) in [6.45, 7) is 7.31. The molecule has 160 valence electrons. The first kappa shape index (κ1) is 23.0. The van der Waals surface area contributed by atoms with E-state index in [0.717, 1.165) is 19.3 Å². The number of aliphatic hydroxyl groups excluding tert-OH is 1. The summed E-state index contributed by atoms with van der Waals surface area (Å²) < 4.78 is 5.65. The minimum atomic E-state index is -0.590. The molecule has 2 amide bonds. The van der Waals surface area contributed by atoms with Crippen LogP contribution in [-0.2, 0) is 9.59 Å². The maximum Gasteiger partial charge on any atom is 0.296 e. The highest BCUT2D eigenvalue weighted by Crippen LogP contribution is 2.29. The average Bonchev–Trinajstić information content (AvgIpc) is 2.92. The first-order chi connectivity index (χ1) is 14.0. The molecule has 0 radical (unpaired) electrons. The summed E-state index contributed by atoms with van der Waals surface area (Å²) in [5.74, 6) is -0.333. The lowest BCUT2D eigenvalue weighted by Gasteiger charge is -2.14. The topological polar surface area (TPSA) is 66.8 Å². The molecule has 1 N–H and O–H groups in total. The van der Waals surface area contributed by atoms with Gasteiger partial charge in [-0.15, -0.1) is 0 Å². The van der Waals surface area contributed by atoms with Crippen LogP contribution in [-0.4, -0.2) is 35.0 Å². The highest BCUT2D eigenvalue weighted by Gasteiger charge is 2.38. The summed E-state index contributed by atoms with van der Waals surface area (Å²) in [5.41, 5.74) is 0.626. The molecule has 1 aliphatic heterocycles. The summed E-state index contributed by atoms with van der Waals surface area (Å²) in [7, 11) is 0. The lowest BCUT2D eigenvalue weighted by molar-refractivity contribution is -0.138. The van der Waals surface area contributed by atoms with Gasteiger partial charge in [0.1, 0.15) is 5.75 Å². The lowest BCUT2D eigenvalue weighted by Crippen LogP contribution is -2.32. The molecule has 1 aromatic carbocycles. The number of carbonyl (C=O) groups excluding carboxylic acids is 2. The average molecular weight is 402 g/mol. The second kappa shape index (κ2) is 11.6. The molecular weight excluding hydrogens is 366 g/mol. The standard InChI is InChI=1S/C24H35NO4/c1-4-5-6-7-8-9-10-11-16-25-23(27)21(22(26)24(25)28)19-12-14-20(15-13-19)29-17-18(2)3/h12-15,18,26H,4-11,16-17H2,1-3H3. The molecule has 0 bridgehead atoms. The van der Waals surface area contributed by atoms with Crippen LogP contribution in [0, 0.1) is 5.92 Å². The molecule has 0 spiro atoms. The van der Waals surface area contributed by atoms with E-state index >= 15 is 0 Å². The Kier molecular flexibility index (Phi) is 9.23. The molecule has 1 heterocycles. The van der Waals surface area contributed by atoms with Crippen molar-refractivity contribution in [2.45, 2.75) is 72.1 Å². The fourth-order valence-electron chi connectivity index (χ4n) is 3.41. The third-order valence-corrected chi connectivity index (χ3v) is 5.11. The zero-order valence-electron chi connectivity index (χ0n) is 18.1. The van der Waals surface area contributed by atoms with Crippen molar-refractivity contribution in [1.82, 2.24) is 4.90 Å². The van der Waals surface area contributed by atoms with E-state index in [4.69, 9.17) is 4.74 Å². The van der Waals surface area contributed by atoms with Crippen molar-refractivity contribution in [3.63, 3.8) is 0 Å². The first-order valence-corrected chi connectivity index (χ1v) is 11.0. The van der Waals surface area contributed by atoms with E-state index in [1.807, 2.05) is 0 Å².